The van der Waals surface area contributed by atoms with Crippen LogP contribution in [0.15, 0.2) is 35.5 Å². The zero-order valence-corrected chi connectivity index (χ0v) is 25.5. The minimum atomic E-state index is -4.65. The van der Waals surface area contributed by atoms with Crippen LogP contribution in [0.5, 0.6) is 0 Å². The van der Waals surface area contributed by atoms with E-state index in [0.29, 0.717) is 44.6 Å². The molecule has 0 bridgehead atoms. The summed E-state index contributed by atoms with van der Waals surface area (Å²) in [6, 6.07) is 0. The highest BCUT2D eigenvalue weighted by molar-refractivity contribution is 5.94. The number of carbonyl (C=O) groups is 3. The number of allylic oxidation sites excluding steroid dienone is 1. The topological polar surface area (TPSA) is 98.9 Å². The summed E-state index contributed by atoms with van der Waals surface area (Å²) in [5.74, 6) is -3.15. The Kier molecular flexibility index (Phi) is 11.3. The molecule has 1 heterocycles. The van der Waals surface area contributed by atoms with Crippen molar-refractivity contribution in [3.8, 4) is 0 Å². The number of imide groups is 1. The SMILES string of the molecule is CCCC1=CC2C(C(F)(F)F)=CC(=O)OC2C(CCC)C1OCCCN(C=O)C(=O)C(N)(C1C=CCCC1)C(C)(C)C. The molecule has 236 valence electrons. The molecule has 42 heavy (non-hydrogen) atoms. The number of esters is 1. The summed E-state index contributed by atoms with van der Waals surface area (Å²) in [5.41, 5.74) is 4.83. The number of halogens is 3. The third-order valence-corrected chi connectivity index (χ3v) is 8.96. The fourth-order valence-corrected chi connectivity index (χ4v) is 6.73. The molecule has 10 heteroatoms. The molecule has 0 aromatic rings. The van der Waals surface area contributed by atoms with Crippen molar-refractivity contribution in [2.45, 2.75) is 110 Å². The van der Waals surface area contributed by atoms with Gasteiger partial charge in [0.1, 0.15) is 11.6 Å². The lowest BCUT2D eigenvalue weighted by atomic mass is 9.63. The number of fused-ring (bicyclic) bond motifs is 1. The molecule has 0 saturated heterocycles. The first-order chi connectivity index (χ1) is 19.7. The van der Waals surface area contributed by atoms with Crippen LogP contribution in [-0.2, 0) is 23.9 Å². The molecule has 2 amide bonds. The van der Waals surface area contributed by atoms with Gasteiger partial charge < -0.3 is 15.2 Å². The summed E-state index contributed by atoms with van der Waals surface area (Å²) in [4.78, 5) is 39.2. The van der Waals surface area contributed by atoms with Gasteiger partial charge >= 0.3 is 12.1 Å². The van der Waals surface area contributed by atoms with E-state index in [9.17, 15) is 27.6 Å². The quantitative estimate of drug-likeness (QED) is 0.128. The third kappa shape index (κ3) is 7.18. The zero-order valence-electron chi connectivity index (χ0n) is 25.5. The van der Waals surface area contributed by atoms with E-state index < -0.39 is 58.6 Å². The number of hydrogen-bond donors (Lipinski definition) is 1. The number of alkyl halides is 3. The molecular formula is C32H47F3N2O5. The highest BCUT2D eigenvalue weighted by Gasteiger charge is 2.53. The van der Waals surface area contributed by atoms with Gasteiger partial charge in [0.2, 0.25) is 12.3 Å². The van der Waals surface area contributed by atoms with Crippen molar-refractivity contribution < 1.29 is 37.0 Å². The van der Waals surface area contributed by atoms with Gasteiger partial charge in [0.15, 0.2) is 0 Å². The smallest absolute Gasteiger partial charge is 0.413 e. The van der Waals surface area contributed by atoms with E-state index in [1.54, 1.807) is 6.08 Å². The average molecular weight is 597 g/mol. The maximum atomic E-state index is 13.9. The zero-order chi connectivity index (χ0) is 31.3. The van der Waals surface area contributed by atoms with Crippen LogP contribution in [0.25, 0.3) is 0 Å². The van der Waals surface area contributed by atoms with Gasteiger partial charge in [0, 0.05) is 37.0 Å². The molecule has 6 atom stereocenters. The number of hydrogen-bond acceptors (Lipinski definition) is 6. The molecule has 2 aliphatic carbocycles. The van der Waals surface area contributed by atoms with Crippen LogP contribution >= 0.6 is 0 Å². The number of ether oxygens (including phenoxy) is 2. The second-order valence-corrected chi connectivity index (χ2v) is 12.8. The largest absolute Gasteiger partial charge is 0.458 e. The lowest BCUT2D eigenvalue weighted by Gasteiger charge is -2.47. The molecule has 3 aliphatic rings. The first kappa shape index (κ1) is 34.0. The van der Waals surface area contributed by atoms with Crippen LogP contribution in [0.1, 0.15) is 86.0 Å². The molecule has 0 saturated carbocycles. The number of rotatable bonds is 12. The van der Waals surface area contributed by atoms with Gasteiger partial charge in [-0.15, -0.1) is 0 Å². The standard InChI is InChI=1S/C32H47F3N2O5/c1-6-12-21-18-24-25(32(33,34)35)19-26(39)42-28(24)23(13-7-2)27(21)41-17-11-16-37(20-38)29(40)31(36,30(3,4)5)22-14-9-8-10-15-22/h9,14,18-20,22-24,27-28H,6-8,10-13,15-17,36H2,1-5H3. The van der Waals surface area contributed by atoms with Crippen LogP contribution in [0.2, 0.25) is 0 Å². The summed E-state index contributed by atoms with van der Waals surface area (Å²) < 4.78 is 53.5. The number of nitrogens with two attached hydrogens (primary N) is 1. The predicted octanol–water partition coefficient (Wildman–Crippen LogP) is 6.03. The van der Waals surface area contributed by atoms with E-state index in [1.807, 2.05) is 46.8 Å². The molecule has 6 unspecified atom stereocenters. The minimum absolute atomic E-state index is 0.0911. The summed E-state index contributed by atoms with van der Waals surface area (Å²) in [6.07, 6.45) is 5.88. The maximum Gasteiger partial charge on any atom is 0.413 e. The number of amides is 2. The van der Waals surface area contributed by atoms with Crippen molar-refractivity contribution >= 4 is 18.3 Å². The van der Waals surface area contributed by atoms with Crippen LogP contribution in [0.4, 0.5) is 13.2 Å². The molecule has 0 aromatic carbocycles. The number of nitrogens with zero attached hydrogens (tertiary/aromatic N) is 1. The molecule has 0 spiro atoms. The lowest BCUT2D eigenvalue weighted by molar-refractivity contribution is -0.162. The Balaban J connectivity index is 1.78. The fraction of sp³-hybridized carbons (Fsp3) is 0.719. The van der Waals surface area contributed by atoms with Gasteiger partial charge in [-0.25, -0.2) is 4.79 Å². The maximum absolute atomic E-state index is 13.9. The molecule has 0 aromatic heterocycles. The molecule has 2 N–H and O–H groups in total. The predicted molar refractivity (Wildman–Crippen MR) is 154 cm³/mol. The van der Waals surface area contributed by atoms with E-state index in [0.717, 1.165) is 29.7 Å². The molecule has 3 rings (SSSR count). The van der Waals surface area contributed by atoms with Gasteiger partial charge in [0.25, 0.3) is 0 Å². The van der Waals surface area contributed by atoms with Crippen molar-refractivity contribution in [1.29, 1.82) is 0 Å². The number of carbonyl (C=O) groups excluding carboxylic acids is 3. The van der Waals surface area contributed by atoms with Gasteiger partial charge in [-0.05, 0) is 49.5 Å². The molecule has 7 nitrogen and oxygen atoms in total. The van der Waals surface area contributed by atoms with E-state index in [2.05, 4.69) is 0 Å². The van der Waals surface area contributed by atoms with Crippen molar-refractivity contribution in [3.63, 3.8) is 0 Å². The second kappa shape index (κ2) is 13.9. The first-order valence-electron chi connectivity index (χ1n) is 15.2. The van der Waals surface area contributed by atoms with E-state index in [4.69, 9.17) is 15.2 Å². The fourth-order valence-electron chi connectivity index (χ4n) is 6.73. The third-order valence-electron chi connectivity index (χ3n) is 8.96. The van der Waals surface area contributed by atoms with Gasteiger partial charge in [-0.3, -0.25) is 14.5 Å². The van der Waals surface area contributed by atoms with Gasteiger partial charge in [-0.1, -0.05) is 65.7 Å². The van der Waals surface area contributed by atoms with Gasteiger partial charge in [0.05, 0.1) is 11.7 Å². The lowest BCUT2D eigenvalue weighted by Crippen LogP contribution is -2.66. The highest BCUT2D eigenvalue weighted by atomic mass is 19.4. The summed E-state index contributed by atoms with van der Waals surface area (Å²) in [7, 11) is 0. The normalized spacial score (nSPS) is 27.7. The van der Waals surface area contributed by atoms with E-state index in [-0.39, 0.29) is 19.1 Å². The Morgan fingerprint density at radius 2 is 1.93 bits per heavy atom. The van der Waals surface area contributed by atoms with E-state index in [1.165, 1.54) is 0 Å². The van der Waals surface area contributed by atoms with Gasteiger partial charge in [-0.2, -0.15) is 13.2 Å². The molecule has 0 fully saturated rings. The van der Waals surface area contributed by atoms with Crippen molar-refractivity contribution in [2.24, 2.45) is 28.9 Å². The first-order valence-corrected chi connectivity index (χ1v) is 15.2. The van der Waals surface area contributed by atoms with Crippen LogP contribution in [0.3, 0.4) is 0 Å². The van der Waals surface area contributed by atoms with Crippen molar-refractivity contribution in [1.82, 2.24) is 4.90 Å². The molecular weight excluding hydrogens is 549 g/mol. The Labute approximate surface area is 247 Å². The van der Waals surface area contributed by atoms with Crippen molar-refractivity contribution in [2.75, 3.05) is 13.2 Å². The summed E-state index contributed by atoms with van der Waals surface area (Å²) >= 11 is 0. The van der Waals surface area contributed by atoms with Crippen LogP contribution < -0.4 is 5.73 Å². The Morgan fingerprint density at radius 1 is 1.21 bits per heavy atom. The Bertz CT molecular complexity index is 1080. The molecule has 1 aliphatic heterocycles. The van der Waals surface area contributed by atoms with E-state index >= 15 is 0 Å². The Hall–Kier alpha value is -2.46. The summed E-state index contributed by atoms with van der Waals surface area (Å²) in [6.45, 7) is 9.84. The van der Waals surface area contributed by atoms with Crippen LogP contribution in [0, 0.1) is 23.2 Å². The Morgan fingerprint density at radius 3 is 2.48 bits per heavy atom. The van der Waals surface area contributed by atoms with Crippen molar-refractivity contribution in [3.05, 3.63) is 35.5 Å². The monoisotopic (exact) mass is 596 g/mol. The highest BCUT2D eigenvalue weighted by Crippen LogP contribution is 2.46. The summed E-state index contributed by atoms with van der Waals surface area (Å²) in [5, 5.41) is 0. The molecule has 0 radical (unpaired) electrons. The minimum Gasteiger partial charge on any atom is -0.458 e. The second-order valence-electron chi connectivity index (χ2n) is 12.8. The average Bonchev–Trinajstić information content (AvgIpc) is 2.93. The van der Waals surface area contributed by atoms with Crippen LogP contribution in [-0.4, -0.2) is 60.3 Å².